The molecule has 0 heterocycles. The van der Waals surface area contributed by atoms with Crippen LogP contribution in [0.15, 0.2) is 6.07 Å². The van der Waals surface area contributed by atoms with Gasteiger partial charge in [0.15, 0.2) is 11.6 Å². The van der Waals surface area contributed by atoms with Gasteiger partial charge in [-0.05, 0) is 25.5 Å². The maximum Gasteiger partial charge on any atom is 0.306 e. The topological polar surface area (TPSA) is 69.4 Å². The van der Waals surface area contributed by atoms with Gasteiger partial charge >= 0.3 is 10.1 Å². The van der Waals surface area contributed by atoms with Crippen molar-refractivity contribution in [2.45, 2.75) is 13.8 Å². The summed E-state index contributed by atoms with van der Waals surface area (Å²) in [7, 11) is -3.73. The van der Waals surface area contributed by atoms with E-state index in [-0.39, 0.29) is 11.3 Å². The second kappa shape index (κ2) is 3.69. The second-order valence-electron chi connectivity index (χ2n) is 3.33. The predicted molar refractivity (Wildman–Crippen MR) is 55.8 cm³/mol. The Kier molecular flexibility index (Phi) is 2.90. The molecule has 6 heteroatoms. The fraction of sp³-hybridized carbons (Fsp3) is 0.333. The molecule has 0 saturated carbocycles. The summed E-state index contributed by atoms with van der Waals surface area (Å²) in [5, 5.41) is 0. The summed E-state index contributed by atoms with van der Waals surface area (Å²) in [6.45, 7) is 3.11. The highest BCUT2D eigenvalue weighted by molar-refractivity contribution is 7.86. The lowest BCUT2D eigenvalue weighted by Gasteiger charge is -2.10. The summed E-state index contributed by atoms with van der Waals surface area (Å²) in [6.07, 6.45) is 0.855. The molecule has 0 aliphatic heterocycles. The number of aryl methyl sites for hydroxylation is 1. The highest BCUT2D eigenvalue weighted by atomic mass is 32.2. The number of nitrogen functional groups attached to an aromatic ring is 1. The van der Waals surface area contributed by atoms with Crippen LogP contribution in [0.2, 0.25) is 0 Å². The SMILES string of the molecule is Cc1cc(OS(C)(=O)=O)c(F)c(C)c1N. The summed E-state index contributed by atoms with van der Waals surface area (Å²) in [5.41, 5.74) is 6.63. The Morgan fingerprint density at radius 3 is 2.40 bits per heavy atom. The molecule has 0 spiro atoms. The van der Waals surface area contributed by atoms with Crippen LogP contribution in [0.5, 0.6) is 5.75 Å². The Morgan fingerprint density at radius 1 is 1.40 bits per heavy atom. The molecule has 2 N–H and O–H groups in total. The average molecular weight is 233 g/mol. The van der Waals surface area contributed by atoms with E-state index in [1.165, 1.54) is 13.0 Å². The Bertz CT molecular complexity index is 497. The van der Waals surface area contributed by atoms with Crippen LogP contribution >= 0.6 is 0 Å². The Balaban J connectivity index is 3.33. The zero-order valence-electron chi connectivity index (χ0n) is 8.67. The van der Waals surface area contributed by atoms with Crippen LogP contribution in [0.4, 0.5) is 10.1 Å². The second-order valence-corrected chi connectivity index (χ2v) is 4.91. The molecule has 1 aromatic rings. The van der Waals surface area contributed by atoms with Gasteiger partial charge in [-0.3, -0.25) is 0 Å². The fourth-order valence-corrected chi connectivity index (χ4v) is 1.61. The van der Waals surface area contributed by atoms with Crippen LogP contribution in [-0.2, 0) is 10.1 Å². The van der Waals surface area contributed by atoms with Gasteiger partial charge in [0.05, 0.1) is 6.26 Å². The molecule has 0 amide bonds. The maximum absolute atomic E-state index is 13.5. The summed E-state index contributed by atoms with van der Waals surface area (Å²) in [5.74, 6) is -1.06. The van der Waals surface area contributed by atoms with Crippen molar-refractivity contribution in [3.63, 3.8) is 0 Å². The Morgan fingerprint density at radius 2 is 1.93 bits per heavy atom. The zero-order valence-corrected chi connectivity index (χ0v) is 9.48. The quantitative estimate of drug-likeness (QED) is 0.618. The van der Waals surface area contributed by atoms with E-state index in [4.69, 9.17) is 5.73 Å². The molecule has 15 heavy (non-hydrogen) atoms. The van der Waals surface area contributed by atoms with Crippen molar-refractivity contribution in [1.82, 2.24) is 0 Å². The van der Waals surface area contributed by atoms with Crippen LogP contribution in [0.1, 0.15) is 11.1 Å². The molecular formula is C9H12FNO3S. The van der Waals surface area contributed by atoms with Gasteiger partial charge in [0.1, 0.15) is 0 Å². The minimum Gasteiger partial charge on any atom is -0.398 e. The lowest BCUT2D eigenvalue weighted by Crippen LogP contribution is -2.09. The molecule has 0 aliphatic carbocycles. The summed E-state index contributed by atoms with van der Waals surface area (Å²) in [4.78, 5) is 0. The molecule has 0 bridgehead atoms. The van der Waals surface area contributed by atoms with Gasteiger partial charge in [0, 0.05) is 11.3 Å². The third-order valence-corrected chi connectivity index (χ3v) is 2.45. The monoisotopic (exact) mass is 233 g/mol. The van der Waals surface area contributed by atoms with Crippen molar-refractivity contribution in [1.29, 1.82) is 0 Å². The number of halogens is 1. The van der Waals surface area contributed by atoms with E-state index in [0.717, 1.165) is 6.26 Å². The highest BCUT2D eigenvalue weighted by Crippen LogP contribution is 2.28. The van der Waals surface area contributed by atoms with Gasteiger partial charge in [-0.1, -0.05) is 0 Å². The molecule has 1 rings (SSSR count). The molecule has 84 valence electrons. The van der Waals surface area contributed by atoms with Crippen LogP contribution in [0, 0.1) is 19.7 Å². The summed E-state index contributed by atoms with van der Waals surface area (Å²) < 4.78 is 39.7. The molecule has 0 aromatic heterocycles. The number of nitrogens with two attached hydrogens (primary N) is 1. The van der Waals surface area contributed by atoms with Crippen molar-refractivity contribution in [3.05, 3.63) is 23.0 Å². The summed E-state index contributed by atoms with van der Waals surface area (Å²) in [6, 6.07) is 1.26. The first-order chi connectivity index (χ1) is 6.72. The van der Waals surface area contributed by atoms with E-state index in [0.29, 0.717) is 11.3 Å². The predicted octanol–water partition coefficient (Wildman–Crippen LogP) is 1.36. The Labute approximate surface area is 88.0 Å². The van der Waals surface area contributed by atoms with Gasteiger partial charge < -0.3 is 9.92 Å². The van der Waals surface area contributed by atoms with Crippen molar-refractivity contribution in [2.75, 3.05) is 12.0 Å². The standard InChI is InChI=1S/C9H12FNO3S/c1-5-4-7(14-15(3,12)13)8(10)6(2)9(5)11/h4H,11H2,1-3H3. The minimum absolute atomic E-state index is 0.189. The van der Waals surface area contributed by atoms with E-state index >= 15 is 0 Å². The number of hydrogen-bond donors (Lipinski definition) is 1. The lowest BCUT2D eigenvalue weighted by molar-refractivity contribution is 0.465. The smallest absolute Gasteiger partial charge is 0.306 e. The number of benzene rings is 1. The lowest BCUT2D eigenvalue weighted by atomic mass is 10.1. The van der Waals surface area contributed by atoms with Gasteiger partial charge in [-0.25, -0.2) is 4.39 Å². The zero-order chi connectivity index (χ0) is 11.8. The fourth-order valence-electron chi connectivity index (χ4n) is 1.16. The molecule has 0 radical (unpaired) electrons. The first-order valence-corrected chi connectivity index (χ1v) is 5.98. The van der Waals surface area contributed by atoms with Crippen molar-refractivity contribution >= 4 is 15.8 Å². The van der Waals surface area contributed by atoms with E-state index in [9.17, 15) is 12.8 Å². The Hall–Kier alpha value is -1.30. The molecular weight excluding hydrogens is 221 g/mol. The third kappa shape index (κ3) is 2.59. The van der Waals surface area contributed by atoms with Crippen molar-refractivity contribution < 1.29 is 17.0 Å². The van der Waals surface area contributed by atoms with Crippen LogP contribution in [-0.4, -0.2) is 14.7 Å². The third-order valence-electron chi connectivity index (χ3n) is 1.96. The normalized spacial score (nSPS) is 11.5. The van der Waals surface area contributed by atoms with Gasteiger partial charge in [-0.15, -0.1) is 0 Å². The molecule has 0 fully saturated rings. The number of hydrogen-bond acceptors (Lipinski definition) is 4. The van der Waals surface area contributed by atoms with Crippen molar-refractivity contribution in [3.8, 4) is 5.75 Å². The van der Waals surface area contributed by atoms with Crippen LogP contribution in [0.3, 0.4) is 0 Å². The average Bonchev–Trinajstić information content (AvgIpc) is 2.08. The maximum atomic E-state index is 13.5. The first-order valence-electron chi connectivity index (χ1n) is 4.17. The molecule has 1 aromatic carbocycles. The largest absolute Gasteiger partial charge is 0.398 e. The number of rotatable bonds is 2. The molecule has 0 saturated heterocycles. The van der Waals surface area contributed by atoms with Crippen LogP contribution < -0.4 is 9.92 Å². The molecule has 4 nitrogen and oxygen atoms in total. The van der Waals surface area contributed by atoms with E-state index in [1.807, 2.05) is 0 Å². The van der Waals surface area contributed by atoms with E-state index in [2.05, 4.69) is 4.18 Å². The van der Waals surface area contributed by atoms with Crippen LogP contribution in [0.25, 0.3) is 0 Å². The minimum atomic E-state index is -3.73. The van der Waals surface area contributed by atoms with Gasteiger partial charge in [-0.2, -0.15) is 8.42 Å². The highest BCUT2D eigenvalue weighted by Gasteiger charge is 2.15. The molecule has 0 unspecified atom stereocenters. The number of anilines is 1. The molecule has 0 atom stereocenters. The van der Waals surface area contributed by atoms with E-state index in [1.54, 1.807) is 6.92 Å². The van der Waals surface area contributed by atoms with Crippen molar-refractivity contribution in [2.24, 2.45) is 0 Å². The summed E-state index contributed by atoms with van der Waals surface area (Å²) >= 11 is 0. The molecule has 0 aliphatic rings. The van der Waals surface area contributed by atoms with Gasteiger partial charge in [0.2, 0.25) is 0 Å². The van der Waals surface area contributed by atoms with Gasteiger partial charge in [0.25, 0.3) is 0 Å². The first kappa shape index (κ1) is 11.8. The van der Waals surface area contributed by atoms with E-state index < -0.39 is 15.9 Å².